The van der Waals surface area contributed by atoms with Gasteiger partial charge in [-0.05, 0) is 42.3 Å². The van der Waals surface area contributed by atoms with Crippen LogP contribution in [0.3, 0.4) is 0 Å². The third-order valence-corrected chi connectivity index (χ3v) is 5.35. The second kappa shape index (κ2) is 7.02. The van der Waals surface area contributed by atoms with Crippen LogP contribution in [0.4, 0.5) is 5.69 Å². The summed E-state index contributed by atoms with van der Waals surface area (Å²) in [5.41, 5.74) is 1.12. The Balaban J connectivity index is 2.58. The summed E-state index contributed by atoms with van der Waals surface area (Å²) < 4.78 is 26.6. The molecule has 5 nitrogen and oxygen atoms in total. The number of hydrogen-bond acceptors (Lipinski definition) is 3. The average molecular weight is 354 g/mol. The van der Waals surface area contributed by atoms with E-state index in [1.54, 1.807) is 24.3 Å². The van der Waals surface area contributed by atoms with Crippen molar-refractivity contribution in [3.8, 4) is 0 Å². The number of sulfonamides is 1. The van der Waals surface area contributed by atoms with Gasteiger partial charge in [0.2, 0.25) is 0 Å². The van der Waals surface area contributed by atoms with Gasteiger partial charge in [-0.15, -0.1) is 0 Å². The summed E-state index contributed by atoms with van der Waals surface area (Å²) in [5, 5.41) is 9.54. The Morgan fingerprint density at radius 2 is 1.74 bits per heavy atom. The molecule has 0 aromatic heterocycles. The van der Waals surface area contributed by atoms with Crippen LogP contribution in [0, 0.1) is 0 Å². The van der Waals surface area contributed by atoms with Gasteiger partial charge in [0, 0.05) is 5.02 Å². The van der Waals surface area contributed by atoms with Crippen molar-refractivity contribution in [2.24, 2.45) is 0 Å². The highest BCUT2D eigenvalue weighted by molar-refractivity contribution is 7.92. The number of nitrogens with zero attached hydrogens (tertiary/aromatic N) is 1. The topological polar surface area (TPSA) is 74.7 Å². The van der Waals surface area contributed by atoms with Crippen LogP contribution in [0.15, 0.2) is 53.4 Å². The van der Waals surface area contributed by atoms with Crippen LogP contribution in [-0.2, 0) is 21.2 Å². The number of carbonyl (C=O) groups is 1. The highest BCUT2D eigenvalue weighted by Crippen LogP contribution is 2.28. The summed E-state index contributed by atoms with van der Waals surface area (Å²) in [7, 11) is -4.00. The van der Waals surface area contributed by atoms with Crippen LogP contribution in [0.2, 0.25) is 5.02 Å². The first-order chi connectivity index (χ1) is 10.9. The number of carboxylic acids is 1. The molecule has 7 heteroatoms. The van der Waals surface area contributed by atoms with Crippen molar-refractivity contribution in [2.75, 3.05) is 10.8 Å². The van der Waals surface area contributed by atoms with Crippen LogP contribution in [-0.4, -0.2) is 26.0 Å². The summed E-state index contributed by atoms with van der Waals surface area (Å²) in [4.78, 5) is 11.2. The number of anilines is 1. The number of halogens is 1. The van der Waals surface area contributed by atoms with E-state index in [1.807, 2.05) is 6.92 Å². The molecule has 0 aliphatic rings. The smallest absolute Gasteiger partial charge is 0.324 e. The Hall–Kier alpha value is -2.05. The van der Waals surface area contributed by atoms with E-state index in [9.17, 15) is 13.2 Å². The second-order valence-corrected chi connectivity index (χ2v) is 7.14. The fourth-order valence-electron chi connectivity index (χ4n) is 2.21. The van der Waals surface area contributed by atoms with Gasteiger partial charge < -0.3 is 5.11 Å². The third-order valence-electron chi connectivity index (χ3n) is 3.32. The molecule has 0 aliphatic heterocycles. The molecule has 23 heavy (non-hydrogen) atoms. The number of aryl methyl sites for hydroxylation is 1. The van der Waals surface area contributed by atoms with Gasteiger partial charge in [0.25, 0.3) is 10.0 Å². The average Bonchev–Trinajstić information content (AvgIpc) is 2.52. The first-order valence-corrected chi connectivity index (χ1v) is 8.76. The molecule has 0 radical (unpaired) electrons. The van der Waals surface area contributed by atoms with Gasteiger partial charge in [0.05, 0.1) is 10.6 Å². The van der Waals surface area contributed by atoms with Crippen molar-refractivity contribution in [3.05, 3.63) is 59.1 Å². The predicted molar refractivity (Wildman–Crippen MR) is 89.4 cm³/mol. The predicted octanol–water partition coefficient (Wildman–Crippen LogP) is 3.18. The molecule has 2 aromatic carbocycles. The lowest BCUT2D eigenvalue weighted by molar-refractivity contribution is -0.135. The summed E-state index contributed by atoms with van der Waals surface area (Å²) in [5.74, 6) is -1.23. The largest absolute Gasteiger partial charge is 0.480 e. The summed E-state index contributed by atoms with van der Waals surface area (Å²) in [6.07, 6.45) is 0.586. The van der Waals surface area contributed by atoms with E-state index in [2.05, 4.69) is 0 Å². The van der Waals surface area contributed by atoms with E-state index >= 15 is 0 Å². The first-order valence-electron chi connectivity index (χ1n) is 6.94. The zero-order valence-electron chi connectivity index (χ0n) is 12.4. The molecular weight excluding hydrogens is 338 g/mol. The number of aliphatic carboxylic acids is 1. The van der Waals surface area contributed by atoms with E-state index in [-0.39, 0.29) is 4.90 Å². The van der Waals surface area contributed by atoms with E-state index in [0.717, 1.165) is 9.87 Å². The van der Waals surface area contributed by atoms with Crippen molar-refractivity contribution in [3.63, 3.8) is 0 Å². The van der Waals surface area contributed by atoms with Crippen molar-refractivity contribution < 1.29 is 18.3 Å². The van der Waals surface area contributed by atoms with Gasteiger partial charge in [0.1, 0.15) is 6.54 Å². The maximum absolute atomic E-state index is 12.9. The highest BCUT2D eigenvalue weighted by atomic mass is 35.5. The Kier molecular flexibility index (Phi) is 5.28. The van der Waals surface area contributed by atoms with Gasteiger partial charge in [-0.3, -0.25) is 9.10 Å². The molecule has 2 rings (SSSR count). The Bertz CT molecular complexity index is 803. The number of hydrogen-bond donors (Lipinski definition) is 1. The Morgan fingerprint density at radius 3 is 2.30 bits per heavy atom. The minimum Gasteiger partial charge on any atom is -0.480 e. The van der Waals surface area contributed by atoms with Crippen molar-refractivity contribution in [1.29, 1.82) is 0 Å². The Labute approximate surface area is 140 Å². The lowest BCUT2D eigenvalue weighted by atomic mass is 10.1. The highest BCUT2D eigenvalue weighted by Gasteiger charge is 2.28. The molecule has 2 aromatic rings. The molecule has 0 bridgehead atoms. The lowest BCUT2D eigenvalue weighted by Gasteiger charge is -2.25. The molecule has 0 atom stereocenters. The number of rotatable bonds is 6. The Morgan fingerprint density at radius 1 is 1.13 bits per heavy atom. The monoisotopic (exact) mass is 353 g/mol. The molecule has 0 heterocycles. The molecule has 0 unspecified atom stereocenters. The van der Waals surface area contributed by atoms with E-state index in [0.29, 0.717) is 17.1 Å². The third kappa shape index (κ3) is 3.83. The molecule has 122 valence electrons. The molecule has 1 N–H and O–H groups in total. The molecule has 0 fully saturated rings. The van der Waals surface area contributed by atoms with E-state index in [4.69, 9.17) is 16.7 Å². The summed E-state index contributed by atoms with van der Waals surface area (Å²) >= 11 is 5.79. The summed E-state index contributed by atoms with van der Waals surface area (Å²) in [6.45, 7) is 1.23. The van der Waals surface area contributed by atoms with Gasteiger partial charge in [-0.1, -0.05) is 36.7 Å². The van der Waals surface area contributed by atoms with Crippen molar-refractivity contribution in [2.45, 2.75) is 18.2 Å². The van der Waals surface area contributed by atoms with Crippen LogP contribution in [0.25, 0.3) is 0 Å². The molecule has 0 spiro atoms. The van der Waals surface area contributed by atoms with Gasteiger partial charge in [-0.25, -0.2) is 8.42 Å². The normalized spacial score (nSPS) is 11.2. The zero-order valence-corrected chi connectivity index (χ0v) is 14.0. The van der Waals surface area contributed by atoms with Crippen molar-refractivity contribution in [1.82, 2.24) is 0 Å². The van der Waals surface area contributed by atoms with Gasteiger partial charge in [0.15, 0.2) is 0 Å². The lowest BCUT2D eigenvalue weighted by Crippen LogP contribution is -2.36. The van der Waals surface area contributed by atoms with E-state index in [1.165, 1.54) is 24.3 Å². The van der Waals surface area contributed by atoms with E-state index < -0.39 is 22.5 Å². The molecule has 0 aliphatic carbocycles. The second-order valence-electron chi connectivity index (χ2n) is 4.84. The molecule has 0 saturated heterocycles. The van der Waals surface area contributed by atoms with Crippen LogP contribution >= 0.6 is 11.6 Å². The minimum absolute atomic E-state index is 0.00550. The number of carboxylic acid groups (broad SMARTS) is 1. The fraction of sp³-hybridized carbons (Fsp3) is 0.188. The molecular formula is C16H16ClNO4S. The van der Waals surface area contributed by atoms with Gasteiger partial charge >= 0.3 is 5.97 Å². The maximum atomic E-state index is 12.9. The van der Waals surface area contributed by atoms with Gasteiger partial charge in [-0.2, -0.15) is 0 Å². The molecule has 0 amide bonds. The minimum atomic E-state index is -4.00. The summed E-state index contributed by atoms with van der Waals surface area (Å²) in [6, 6.07) is 12.5. The fourth-order valence-corrected chi connectivity index (χ4v) is 3.79. The molecule has 0 saturated carbocycles. The number of para-hydroxylation sites is 1. The SMILES string of the molecule is CCc1ccccc1N(CC(=O)O)S(=O)(=O)c1ccc(Cl)cc1. The number of benzene rings is 2. The first kappa shape index (κ1) is 17.3. The van der Waals surface area contributed by atoms with Crippen LogP contribution in [0.5, 0.6) is 0 Å². The maximum Gasteiger partial charge on any atom is 0.324 e. The zero-order chi connectivity index (χ0) is 17.0. The van der Waals surface area contributed by atoms with Crippen LogP contribution in [0.1, 0.15) is 12.5 Å². The van der Waals surface area contributed by atoms with Crippen LogP contribution < -0.4 is 4.31 Å². The van der Waals surface area contributed by atoms with Crippen molar-refractivity contribution >= 4 is 33.3 Å². The standard InChI is InChI=1S/C16H16ClNO4S/c1-2-12-5-3-4-6-15(12)18(11-16(19)20)23(21,22)14-9-7-13(17)8-10-14/h3-10H,2,11H2,1H3,(H,19,20). The quantitative estimate of drug-likeness (QED) is 0.865.